The fourth-order valence-electron chi connectivity index (χ4n) is 5.46. The lowest BCUT2D eigenvalue weighted by Gasteiger charge is -2.61. The molecule has 5 rings (SSSR count). The van der Waals surface area contributed by atoms with Crippen LogP contribution in [0.4, 0.5) is 4.39 Å². The Labute approximate surface area is 134 Å². The zero-order valence-electron chi connectivity index (χ0n) is 12.4. The lowest BCUT2D eigenvalue weighted by molar-refractivity contribution is -0.0321. The summed E-state index contributed by atoms with van der Waals surface area (Å²) in [5.41, 5.74) is 6.14. The topological polar surface area (TPSA) is 55.1 Å². The molecule has 5 heteroatoms. The molecule has 4 fully saturated rings. The summed E-state index contributed by atoms with van der Waals surface area (Å²) in [6.45, 7) is 0. The van der Waals surface area contributed by atoms with Crippen molar-refractivity contribution in [2.45, 2.75) is 49.6 Å². The number of nitrogens with one attached hydrogen (secondary N) is 1. The SMILES string of the molecule is NC12CC3CC(C1)CC(NC(=O)c1cc(Cl)ccc1F)(C3)C2. The molecule has 3 N–H and O–H groups in total. The normalized spacial score (nSPS) is 39.0. The highest BCUT2D eigenvalue weighted by atomic mass is 35.5. The first-order valence-corrected chi connectivity index (χ1v) is 8.31. The van der Waals surface area contributed by atoms with Gasteiger partial charge in [0.25, 0.3) is 5.91 Å². The first-order valence-electron chi connectivity index (χ1n) is 7.93. The largest absolute Gasteiger partial charge is 0.346 e. The van der Waals surface area contributed by atoms with Gasteiger partial charge in [0.05, 0.1) is 5.56 Å². The Hall–Kier alpha value is -1.13. The maximum absolute atomic E-state index is 13.9. The molecule has 118 valence electrons. The molecule has 1 amide bonds. The van der Waals surface area contributed by atoms with Crippen LogP contribution in [0.25, 0.3) is 0 Å². The Balaban J connectivity index is 1.60. The first-order chi connectivity index (χ1) is 10.4. The second-order valence-corrected chi connectivity index (χ2v) is 8.12. The van der Waals surface area contributed by atoms with E-state index in [9.17, 15) is 9.18 Å². The molecule has 0 heterocycles. The Morgan fingerprint density at radius 2 is 1.95 bits per heavy atom. The predicted molar refractivity (Wildman–Crippen MR) is 83.2 cm³/mol. The Morgan fingerprint density at radius 3 is 2.59 bits per heavy atom. The number of nitrogens with two attached hydrogens (primary N) is 1. The summed E-state index contributed by atoms with van der Waals surface area (Å²) in [6, 6.07) is 4.08. The highest BCUT2D eigenvalue weighted by molar-refractivity contribution is 6.31. The molecular weight excluding hydrogens is 303 g/mol. The van der Waals surface area contributed by atoms with Crippen molar-refractivity contribution < 1.29 is 9.18 Å². The van der Waals surface area contributed by atoms with Crippen molar-refractivity contribution in [3.63, 3.8) is 0 Å². The molecule has 2 unspecified atom stereocenters. The Morgan fingerprint density at radius 1 is 1.27 bits per heavy atom. The van der Waals surface area contributed by atoms with Gasteiger partial charge in [-0.2, -0.15) is 0 Å². The molecular formula is C17H20ClFN2O. The first kappa shape index (κ1) is 14.5. The van der Waals surface area contributed by atoms with Crippen LogP contribution in [0.5, 0.6) is 0 Å². The van der Waals surface area contributed by atoms with E-state index in [2.05, 4.69) is 5.32 Å². The van der Waals surface area contributed by atoms with E-state index in [4.69, 9.17) is 17.3 Å². The standard InChI is InChI=1S/C17H20ClFN2O/c18-12-1-2-14(19)13(4-12)15(22)21-17-7-10-3-11(8-17)6-16(20,5-10)9-17/h1-2,4,10-11H,3,5-9,20H2,(H,21,22). The summed E-state index contributed by atoms with van der Waals surface area (Å²) < 4.78 is 13.9. The zero-order valence-corrected chi connectivity index (χ0v) is 13.1. The van der Waals surface area contributed by atoms with E-state index in [0.717, 1.165) is 32.1 Å². The van der Waals surface area contributed by atoms with E-state index in [1.54, 1.807) is 0 Å². The van der Waals surface area contributed by atoms with Crippen LogP contribution in [0.3, 0.4) is 0 Å². The maximum atomic E-state index is 13.9. The summed E-state index contributed by atoms with van der Waals surface area (Å²) >= 11 is 5.89. The van der Waals surface area contributed by atoms with Crippen molar-refractivity contribution in [2.75, 3.05) is 0 Å². The third-order valence-corrected chi connectivity index (χ3v) is 5.89. The van der Waals surface area contributed by atoms with Crippen LogP contribution in [-0.2, 0) is 0 Å². The van der Waals surface area contributed by atoms with E-state index in [1.165, 1.54) is 24.6 Å². The molecule has 22 heavy (non-hydrogen) atoms. The van der Waals surface area contributed by atoms with Gasteiger partial charge >= 0.3 is 0 Å². The highest BCUT2D eigenvalue weighted by Gasteiger charge is 2.56. The minimum atomic E-state index is -0.533. The fraction of sp³-hybridized carbons (Fsp3) is 0.588. The molecule has 0 spiro atoms. The van der Waals surface area contributed by atoms with Gasteiger partial charge in [-0.3, -0.25) is 4.79 Å². The zero-order chi connectivity index (χ0) is 15.5. The smallest absolute Gasteiger partial charge is 0.254 e. The van der Waals surface area contributed by atoms with Crippen LogP contribution < -0.4 is 11.1 Å². The monoisotopic (exact) mass is 322 g/mol. The van der Waals surface area contributed by atoms with Gasteiger partial charge in [0.1, 0.15) is 5.82 Å². The third kappa shape index (κ3) is 2.33. The molecule has 4 aliphatic carbocycles. The number of hydrogen-bond acceptors (Lipinski definition) is 2. The number of hydrogen-bond donors (Lipinski definition) is 2. The van der Waals surface area contributed by atoms with Crippen molar-refractivity contribution in [1.29, 1.82) is 0 Å². The van der Waals surface area contributed by atoms with Crippen molar-refractivity contribution >= 4 is 17.5 Å². The molecule has 4 saturated carbocycles. The number of carbonyl (C=O) groups excluding carboxylic acids is 1. The van der Waals surface area contributed by atoms with Gasteiger partial charge in [-0.1, -0.05) is 11.6 Å². The molecule has 0 aliphatic heterocycles. The van der Waals surface area contributed by atoms with E-state index in [0.29, 0.717) is 16.9 Å². The van der Waals surface area contributed by atoms with Crippen LogP contribution in [-0.4, -0.2) is 17.0 Å². The molecule has 3 nitrogen and oxygen atoms in total. The van der Waals surface area contributed by atoms with Crippen LogP contribution >= 0.6 is 11.6 Å². The Bertz CT molecular complexity index is 634. The van der Waals surface area contributed by atoms with Crippen LogP contribution in [0.1, 0.15) is 48.9 Å². The molecule has 0 aromatic heterocycles. The second kappa shape index (κ2) is 4.68. The van der Waals surface area contributed by atoms with Gasteiger partial charge in [-0.15, -0.1) is 0 Å². The molecule has 1 aromatic carbocycles. The summed E-state index contributed by atoms with van der Waals surface area (Å²) in [7, 11) is 0. The third-order valence-electron chi connectivity index (χ3n) is 5.66. The van der Waals surface area contributed by atoms with Crippen molar-refractivity contribution in [3.05, 3.63) is 34.6 Å². The Kier molecular flexibility index (Phi) is 3.08. The van der Waals surface area contributed by atoms with Gasteiger partial charge < -0.3 is 11.1 Å². The summed E-state index contributed by atoms with van der Waals surface area (Å²) in [5, 5.41) is 3.48. The quantitative estimate of drug-likeness (QED) is 0.878. The number of carbonyl (C=O) groups is 1. The molecule has 0 radical (unpaired) electrons. The van der Waals surface area contributed by atoms with E-state index in [-0.39, 0.29) is 22.5 Å². The number of rotatable bonds is 2. The van der Waals surface area contributed by atoms with Crippen LogP contribution in [0, 0.1) is 17.7 Å². The predicted octanol–water partition coefficient (Wildman–Crippen LogP) is 3.26. The average molecular weight is 323 g/mol. The fourth-order valence-corrected chi connectivity index (χ4v) is 5.63. The lowest BCUT2D eigenvalue weighted by Crippen LogP contribution is -2.68. The minimum absolute atomic E-state index is 0.0225. The van der Waals surface area contributed by atoms with E-state index >= 15 is 0 Å². The minimum Gasteiger partial charge on any atom is -0.346 e. The van der Waals surface area contributed by atoms with Gasteiger partial charge in [0.2, 0.25) is 0 Å². The number of amides is 1. The lowest BCUT2D eigenvalue weighted by atomic mass is 9.50. The van der Waals surface area contributed by atoms with E-state index < -0.39 is 5.82 Å². The molecule has 4 bridgehead atoms. The van der Waals surface area contributed by atoms with Gasteiger partial charge in [0, 0.05) is 16.1 Å². The van der Waals surface area contributed by atoms with E-state index in [1.807, 2.05) is 0 Å². The molecule has 4 aliphatic rings. The molecule has 2 atom stereocenters. The summed E-state index contributed by atoms with van der Waals surface area (Å²) in [5.74, 6) is 0.283. The maximum Gasteiger partial charge on any atom is 0.254 e. The summed E-state index contributed by atoms with van der Waals surface area (Å²) in [4.78, 5) is 12.6. The van der Waals surface area contributed by atoms with Gasteiger partial charge in [0.15, 0.2) is 0 Å². The molecule has 1 aromatic rings. The van der Waals surface area contributed by atoms with Crippen LogP contribution in [0.2, 0.25) is 5.02 Å². The van der Waals surface area contributed by atoms with Gasteiger partial charge in [-0.25, -0.2) is 4.39 Å². The van der Waals surface area contributed by atoms with Crippen molar-refractivity contribution in [2.24, 2.45) is 17.6 Å². The number of halogens is 2. The van der Waals surface area contributed by atoms with Crippen molar-refractivity contribution in [3.8, 4) is 0 Å². The second-order valence-electron chi connectivity index (χ2n) is 7.68. The summed E-state index contributed by atoms with van der Waals surface area (Å²) in [6.07, 6.45) is 6.09. The van der Waals surface area contributed by atoms with Crippen LogP contribution in [0.15, 0.2) is 18.2 Å². The van der Waals surface area contributed by atoms with Crippen molar-refractivity contribution in [1.82, 2.24) is 5.32 Å². The molecule has 0 saturated heterocycles. The number of benzene rings is 1. The van der Waals surface area contributed by atoms with Gasteiger partial charge in [-0.05, 0) is 68.6 Å². The highest BCUT2D eigenvalue weighted by Crippen LogP contribution is 2.56. The average Bonchev–Trinajstić information content (AvgIpc) is 2.38.